The van der Waals surface area contributed by atoms with E-state index in [2.05, 4.69) is 5.32 Å². The van der Waals surface area contributed by atoms with E-state index in [-0.39, 0.29) is 19.6 Å². The van der Waals surface area contributed by atoms with Crippen molar-refractivity contribution in [2.45, 2.75) is 12.5 Å². The third-order valence-corrected chi connectivity index (χ3v) is 2.06. The lowest BCUT2D eigenvalue weighted by atomic mass is 10.1. The Kier molecular flexibility index (Phi) is 4.75. The number of rotatable bonds is 6. The first-order valence-electron chi connectivity index (χ1n) is 4.95. The van der Waals surface area contributed by atoms with Gasteiger partial charge in [-0.2, -0.15) is 0 Å². The predicted octanol–water partition coefficient (Wildman–Crippen LogP) is 0.0788. The summed E-state index contributed by atoms with van der Waals surface area (Å²) in [7, 11) is 0. The van der Waals surface area contributed by atoms with E-state index < -0.39 is 12.1 Å². The maximum atomic E-state index is 10.4. The van der Waals surface area contributed by atoms with E-state index in [0.717, 1.165) is 11.3 Å². The molecule has 0 saturated carbocycles. The Bertz CT molecular complexity index is 336. The molecular formula is C11H15NO4. The van der Waals surface area contributed by atoms with E-state index in [1.165, 1.54) is 0 Å². The number of hydrogen-bond acceptors (Lipinski definition) is 4. The summed E-state index contributed by atoms with van der Waals surface area (Å²) in [5.41, 5.74) is 1.50. The molecule has 5 nitrogen and oxygen atoms in total. The second-order valence-electron chi connectivity index (χ2n) is 3.48. The number of aliphatic hydroxyl groups excluding tert-OH is 2. The van der Waals surface area contributed by atoms with Crippen LogP contribution in [0.1, 0.15) is 5.56 Å². The van der Waals surface area contributed by atoms with Gasteiger partial charge in [-0.15, -0.1) is 0 Å². The lowest BCUT2D eigenvalue weighted by Crippen LogP contribution is -2.22. The van der Waals surface area contributed by atoms with Crippen molar-refractivity contribution in [1.82, 2.24) is 0 Å². The first-order valence-corrected chi connectivity index (χ1v) is 4.95. The first-order chi connectivity index (χ1) is 7.61. The van der Waals surface area contributed by atoms with Gasteiger partial charge in [0.25, 0.3) is 0 Å². The Morgan fingerprint density at radius 3 is 2.44 bits per heavy atom. The van der Waals surface area contributed by atoms with E-state index in [4.69, 9.17) is 15.3 Å². The monoisotopic (exact) mass is 225 g/mol. The van der Waals surface area contributed by atoms with Crippen LogP contribution in [0.4, 0.5) is 5.69 Å². The van der Waals surface area contributed by atoms with Crippen molar-refractivity contribution >= 4 is 11.7 Å². The molecule has 0 bridgehead atoms. The quantitative estimate of drug-likeness (QED) is 0.550. The largest absolute Gasteiger partial charge is 0.481 e. The van der Waals surface area contributed by atoms with Crippen LogP contribution in [-0.2, 0) is 11.2 Å². The normalized spacial score (nSPS) is 12.1. The number of carboxylic acid groups (broad SMARTS) is 1. The lowest BCUT2D eigenvalue weighted by molar-refractivity contribution is -0.136. The summed E-state index contributed by atoms with van der Waals surface area (Å²) < 4.78 is 0. The number of carbonyl (C=O) groups is 1. The molecular weight excluding hydrogens is 210 g/mol. The molecule has 0 spiro atoms. The maximum Gasteiger partial charge on any atom is 0.307 e. The van der Waals surface area contributed by atoms with Crippen LogP contribution >= 0.6 is 0 Å². The minimum Gasteiger partial charge on any atom is -0.481 e. The SMILES string of the molecule is O=C(O)Cc1ccc(NCC(O)CO)cc1. The fraction of sp³-hybridized carbons (Fsp3) is 0.364. The standard InChI is InChI=1S/C11H15NO4/c13-7-10(14)6-12-9-3-1-8(2-4-9)5-11(15)16/h1-4,10,12-14H,5-7H2,(H,15,16). The van der Waals surface area contributed by atoms with Gasteiger partial charge < -0.3 is 20.6 Å². The number of hydrogen-bond donors (Lipinski definition) is 4. The number of aliphatic carboxylic acids is 1. The van der Waals surface area contributed by atoms with Crippen LogP contribution in [-0.4, -0.2) is 40.5 Å². The van der Waals surface area contributed by atoms with Crippen LogP contribution in [0.5, 0.6) is 0 Å². The molecule has 0 aliphatic carbocycles. The maximum absolute atomic E-state index is 10.4. The van der Waals surface area contributed by atoms with E-state index in [1.807, 2.05) is 0 Å². The Hall–Kier alpha value is -1.59. The molecule has 5 heteroatoms. The van der Waals surface area contributed by atoms with Crippen LogP contribution in [0.2, 0.25) is 0 Å². The molecule has 4 N–H and O–H groups in total. The molecule has 0 fully saturated rings. The molecule has 0 heterocycles. The number of carboxylic acids is 1. The van der Waals surface area contributed by atoms with Gasteiger partial charge in [-0.1, -0.05) is 12.1 Å². The van der Waals surface area contributed by atoms with Gasteiger partial charge in [-0.05, 0) is 17.7 Å². The molecule has 0 amide bonds. The fourth-order valence-electron chi connectivity index (χ4n) is 1.22. The molecule has 0 aromatic heterocycles. The van der Waals surface area contributed by atoms with Crippen molar-refractivity contribution in [3.63, 3.8) is 0 Å². The Balaban J connectivity index is 2.48. The molecule has 1 aromatic rings. The summed E-state index contributed by atoms with van der Waals surface area (Å²) in [6, 6.07) is 6.90. The second kappa shape index (κ2) is 6.09. The Morgan fingerprint density at radius 2 is 1.94 bits per heavy atom. The van der Waals surface area contributed by atoms with Gasteiger partial charge >= 0.3 is 5.97 Å². The zero-order valence-electron chi connectivity index (χ0n) is 8.76. The second-order valence-corrected chi connectivity index (χ2v) is 3.48. The first kappa shape index (κ1) is 12.5. The minimum absolute atomic E-state index is 0.000451. The molecule has 0 aliphatic rings. The van der Waals surface area contributed by atoms with E-state index in [0.29, 0.717) is 0 Å². The summed E-state index contributed by atoms with van der Waals surface area (Å²) >= 11 is 0. The highest BCUT2D eigenvalue weighted by molar-refractivity contribution is 5.70. The average molecular weight is 225 g/mol. The third-order valence-electron chi connectivity index (χ3n) is 2.06. The molecule has 1 rings (SSSR count). The Labute approximate surface area is 93.4 Å². The van der Waals surface area contributed by atoms with Crippen molar-refractivity contribution in [1.29, 1.82) is 0 Å². The van der Waals surface area contributed by atoms with Crippen LogP contribution in [0.15, 0.2) is 24.3 Å². The molecule has 0 saturated heterocycles. The average Bonchev–Trinajstić information content (AvgIpc) is 2.27. The van der Waals surface area contributed by atoms with Gasteiger partial charge in [0.2, 0.25) is 0 Å². The highest BCUT2D eigenvalue weighted by atomic mass is 16.4. The van der Waals surface area contributed by atoms with E-state index >= 15 is 0 Å². The van der Waals surface area contributed by atoms with Crippen LogP contribution in [0.25, 0.3) is 0 Å². The summed E-state index contributed by atoms with van der Waals surface area (Å²) in [5.74, 6) is -0.864. The number of anilines is 1. The summed E-state index contributed by atoms with van der Waals surface area (Å²) in [6.45, 7) is -0.0289. The molecule has 1 aromatic carbocycles. The van der Waals surface area contributed by atoms with E-state index in [9.17, 15) is 4.79 Å². The number of aliphatic hydroxyl groups is 2. The van der Waals surface area contributed by atoms with Crippen LogP contribution < -0.4 is 5.32 Å². The van der Waals surface area contributed by atoms with Gasteiger partial charge in [0.1, 0.15) is 0 Å². The minimum atomic E-state index is -0.864. The molecule has 0 aliphatic heterocycles. The smallest absolute Gasteiger partial charge is 0.307 e. The Morgan fingerprint density at radius 1 is 1.31 bits per heavy atom. The molecule has 0 radical (unpaired) electrons. The van der Waals surface area contributed by atoms with Gasteiger partial charge in [-0.3, -0.25) is 4.79 Å². The zero-order chi connectivity index (χ0) is 12.0. The van der Waals surface area contributed by atoms with Crippen LogP contribution in [0.3, 0.4) is 0 Å². The molecule has 1 unspecified atom stereocenters. The number of benzene rings is 1. The molecule has 16 heavy (non-hydrogen) atoms. The zero-order valence-corrected chi connectivity index (χ0v) is 8.76. The van der Waals surface area contributed by atoms with Gasteiger partial charge in [-0.25, -0.2) is 0 Å². The van der Waals surface area contributed by atoms with Crippen molar-refractivity contribution < 1.29 is 20.1 Å². The van der Waals surface area contributed by atoms with Crippen molar-refractivity contribution in [3.05, 3.63) is 29.8 Å². The van der Waals surface area contributed by atoms with Crippen molar-refractivity contribution in [3.8, 4) is 0 Å². The summed E-state index contributed by atoms with van der Waals surface area (Å²) in [4.78, 5) is 10.4. The lowest BCUT2D eigenvalue weighted by Gasteiger charge is -2.10. The summed E-state index contributed by atoms with van der Waals surface area (Å²) in [6.07, 6.45) is -0.793. The van der Waals surface area contributed by atoms with Gasteiger partial charge in [0.15, 0.2) is 0 Å². The van der Waals surface area contributed by atoms with Crippen molar-refractivity contribution in [2.75, 3.05) is 18.5 Å². The number of nitrogens with one attached hydrogen (secondary N) is 1. The highest BCUT2D eigenvalue weighted by Crippen LogP contribution is 2.09. The molecule has 1 atom stereocenters. The summed E-state index contributed by atoms with van der Waals surface area (Å²) in [5, 5.41) is 29.2. The third kappa shape index (κ3) is 4.29. The topological polar surface area (TPSA) is 89.8 Å². The van der Waals surface area contributed by atoms with Crippen molar-refractivity contribution in [2.24, 2.45) is 0 Å². The molecule has 88 valence electrons. The van der Waals surface area contributed by atoms with Gasteiger partial charge in [0.05, 0.1) is 19.1 Å². The fourth-order valence-corrected chi connectivity index (χ4v) is 1.22. The predicted molar refractivity (Wildman–Crippen MR) is 59.4 cm³/mol. The van der Waals surface area contributed by atoms with Crippen LogP contribution in [0, 0.1) is 0 Å². The van der Waals surface area contributed by atoms with E-state index in [1.54, 1.807) is 24.3 Å². The highest BCUT2D eigenvalue weighted by Gasteiger charge is 2.02. The van der Waals surface area contributed by atoms with Gasteiger partial charge in [0, 0.05) is 12.2 Å².